The van der Waals surface area contributed by atoms with Gasteiger partial charge in [-0.05, 0) is 48.6 Å². The smallest absolute Gasteiger partial charge is 0.123 e. The summed E-state index contributed by atoms with van der Waals surface area (Å²) in [5.74, 6) is -0.249. The molecule has 1 N–H and O–H groups in total. The molecule has 2 rings (SSSR count). The Hall–Kier alpha value is -1.19. The molecule has 1 aromatic heterocycles. The van der Waals surface area contributed by atoms with Crippen molar-refractivity contribution in [2.45, 2.75) is 25.9 Å². The number of aliphatic hydroxyl groups is 1. The minimum atomic E-state index is -0.893. The van der Waals surface area contributed by atoms with Gasteiger partial charge in [-0.1, -0.05) is 12.1 Å². The number of hydrogen-bond acceptors (Lipinski definition) is 2. The molecule has 0 aliphatic carbocycles. The first kappa shape index (κ1) is 12.3. The normalized spacial score (nSPS) is 14.6. The van der Waals surface area contributed by atoms with E-state index in [9.17, 15) is 9.50 Å². The molecule has 1 aromatic carbocycles. The fraction of sp³-hybridized carbons (Fsp3) is 0.286. The Bertz CT molecular complexity index is 499. The van der Waals surface area contributed by atoms with Crippen LogP contribution in [0.2, 0.25) is 0 Å². The second kappa shape index (κ2) is 4.59. The lowest BCUT2D eigenvalue weighted by atomic mass is 9.93. The van der Waals surface area contributed by atoms with Crippen molar-refractivity contribution in [3.05, 3.63) is 57.5 Å². The second-order valence-corrected chi connectivity index (χ2v) is 5.43. The molecule has 0 saturated heterocycles. The van der Waals surface area contributed by atoms with Crippen LogP contribution < -0.4 is 0 Å². The molecule has 1 unspecified atom stereocenters. The summed E-state index contributed by atoms with van der Waals surface area (Å²) < 4.78 is 12.8. The van der Waals surface area contributed by atoms with Crippen LogP contribution in [-0.2, 0) is 12.0 Å². The van der Waals surface area contributed by atoms with Crippen molar-refractivity contribution >= 4 is 11.3 Å². The fourth-order valence-corrected chi connectivity index (χ4v) is 2.99. The Morgan fingerprint density at radius 1 is 1.24 bits per heavy atom. The van der Waals surface area contributed by atoms with E-state index in [4.69, 9.17) is 0 Å². The zero-order chi connectivity index (χ0) is 12.5. The zero-order valence-electron chi connectivity index (χ0n) is 9.90. The molecule has 1 atom stereocenters. The van der Waals surface area contributed by atoms with Crippen LogP contribution in [0.4, 0.5) is 4.39 Å². The van der Waals surface area contributed by atoms with Gasteiger partial charge in [0.1, 0.15) is 11.4 Å². The molecule has 1 nitrogen and oxygen atoms in total. The third kappa shape index (κ3) is 2.73. The van der Waals surface area contributed by atoms with E-state index in [0.29, 0.717) is 6.42 Å². The van der Waals surface area contributed by atoms with Gasteiger partial charge in [0.15, 0.2) is 0 Å². The summed E-state index contributed by atoms with van der Waals surface area (Å²) in [5, 5.41) is 12.5. The SMILES string of the molecule is Cc1ccsc1C(C)(O)Cc1ccc(F)cc1. The predicted octanol–water partition coefficient (Wildman–Crippen LogP) is 3.65. The molecule has 0 bridgehead atoms. The molecule has 90 valence electrons. The van der Waals surface area contributed by atoms with Crippen molar-refractivity contribution in [3.8, 4) is 0 Å². The van der Waals surface area contributed by atoms with Gasteiger partial charge in [-0.2, -0.15) is 0 Å². The molecule has 3 heteroatoms. The van der Waals surface area contributed by atoms with Crippen molar-refractivity contribution in [3.63, 3.8) is 0 Å². The second-order valence-electron chi connectivity index (χ2n) is 4.51. The van der Waals surface area contributed by atoms with Gasteiger partial charge in [-0.15, -0.1) is 11.3 Å². The highest BCUT2D eigenvalue weighted by molar-refractivity contribution is 7.10. The summed E-state index contributed by atoms with van der Waals surface area (Å²) in [5.41, 5.74) is 1.14. The highest BCUT2D eigenvalue weighted by atomic mass is 32.1. The van der Waals surface area contributed by atoms with Crippen molar-refractivity contribution in [1.29, 1.82) is 0 Å². The number of hydrogen-bond donors (Lipinski definition) is 1. The van der Waals surface area contributed by atoms with Crippen molar-refractivity contribution in [2.24, 2.45) is 0 Å². The molecule has 0 aliphatic rings. The Labute approximate surface area is 105 Å². The average Bonchev–Trinajstić information content (AvgIpc) is 2.68. The molecule has 0 fully saturated rings. The van der Waals surface area contributed by atoms with E-state index in [1.54, 1.807) is 30.4 Å². The summed E-state index contributed by atoms with van der Waals surface area (Å²) in [6.07, 6.45) is 0.495. The fourth-order valence-electron chi connectivity index (χ4n) is 2.00. The van der Waals surface area contributed by atoms with Gasteiger partial charge in [-0.25, -0.2) is 4.39 Å². The topological polar surface area (TPSA) is 20.2 Å². The summed E-state index contributed by atoms with van der Waals surface area (Å²) in [6.45, 7) is 3.79. The van der Waals surface area contributed by atoms with Crippen molar-refractivity contribution in [1.82, 2.24) is 0 Å². The Kier molecular flexibility index (Phi) is 3.31. The first-order valence-corrected chi connectivity index (χ1v) is 6.38. The maximum atomic E-state index is 12.8. The van der Waals surface area contributed by atoms with Gasteiger partial charge >= 0.3 is 0 Å². The van der Waals surface area contributed by atoms with E-state index in [2.05, 4.69) is 0 Å². The number of benzene rings is 1. The average molecular weight is 250 g/mol. The molecule has 0 radical (unpaired) electrons. The Morgan fingerprint density at radius 3 is 2.41 bits per heavy atom. The maximum Gasteiger partial charge on any atom is 0.123 e. The van der Waals surface area contributed by atoms with Crippen LogP contribution in [0.3, 0.4) is 0 Å². The quantitative estimate of drug-likeness (QED) is 0.881. The number of halogens is 1. The molecule has 0 amide bonds. The molecule has 2 aromatic rings. The molecule has 1 heterocycles. The van der Waals surface area contributed by atoms with Gasteiger partial charge in [0, 0.05) is 11.3 Å². The third-order valence-corrected chi connectivity index (χ3v) is 4.08. The first-order chi connectivity index (χ1) is 7.99. The van der Waals surface area contributed by atoms with Crippen LogP contribution in [-0.4, -0.2) is 5.11 Å². The molecule has 0 aliphatic heterocycles. The van der Waals surface area contributed by atoms with Crippen LogP contribution in [0, 0.1) is 12.7 Å². The van der Waals surface area contributed by atoms with Gasteiger partial charge in [-0.3, -0.25) is 0 Å². The predicted molar refractivity (Wildman–Crippen MR) is 68.7 cm³/mol. The van der Waals surface area contributed by atoms with Crippen LogP contribution in [0.15, 0.2) is 35.7 Å². The van der Waals surface area contributed by atoms with Crippen molar-refractivity contribution < 1.29 is 9.50 Å². The minimum absolute atomic E-state index is 0.249. The highest BCUT2D eigenvalue weighted by Crippen LogP contribution is 2.32. The molecular weight excluding hydrogens is 235 g/mol. The van der Waals surface area contributed by atoms with E-state index < -0.39 is 5.60 Å². The van der Waals surface area contributed by atoms with Crippen LogP contribution in [0.5, 0.6) is 0 Å². The molecule has 17 heavy (non-hydrogen) atoms. The van der Waals surface area contributed by atoms with E-state index in [0.717, 1.165) is 16.0 Å². The Balaban J connectivity index is 2.23. The van der Waals surface area contributed by atoms with E-state index >= 15 is 0 Å². The largest absolute Gasteiger partial charge is 0.384 e. The van der Waals surface area contributed by atoms with Gasteiger partial charge in [0.25, 0.3) is 0 Å². The lowest BCUT2D eigenvalue weighted by molar-refractivity contribution is 0.0609. The monoisotopic (exact) mass is 250 g/mol. The number of aryl methyl sites for hydroxylation is 1. The van der Waals surface area contributed by atoms with Crippen LogP contribution in [0.1, 0.15) is 22.9 Å². The summed E-state index contributed by atoms with van der Waals surface area (Å²) in [4.78, 5) is 0.974. The number of rotatable bonds is 3. The van der Waals surface area contributed by atoms with E-state index in [-0.39, 0.29) is 5.82 Å². The summed E-state index contributed by atoms with van der Waals surface area (Å²) in [7, 11) is 0. The lowest BCUT2D eigenvalue weighted by Gasteiger charge is -2.23. The zero-order valence-corrected chi connectivity index (χ0v) is 10.7. The first-order valence-electron chi connectivity index (χ1n) is 5.50. The molecule has 0 spiro atoms. The summed E-state index contributed by atoms with van der Waals surface area (Å²) >= 11 is 1.55. The summed E-state index contributed by atoms with van der Waals surface area (Å²) in [6, 6.07) is 8.28. The molecular formula is C14H15FOS. The maximum absolute atomic E-state index is 12.8. The van der Waals surface area contributed by atoms with Gasteiger partial charge < -0.3 is 5.11 Å². The van der Waals surface area contributed by atoms with E-state index in [1.165, 1.54) is 12.1 Å². The van der Waals surface area contributed by atoms with Gasteiger partial charge in [0.2, 0.25) is 0 Å². The number of thiophene rings is 1. The van der Waals surface area contributed by atoms with Gasteiger partial charge in [0.05, 0.1) is 0 Å². The lowest BCUT2D eigenvalue weighted by Crippen LogP contribution is -2.23. The third-order valence-electron chi connectivity index (χ3n) is 2.81. The van der Waals surface area contributed by atoms with Crippen LogP contribution >= 0.6 is 11.3 Å². The molecule has 0 saturated carbocycles. The Morgan fingerprint density at radius 2 is 1.88 bits per heavy atom. The van der Waals surface area contributed by atoms with Crippen molar-refractivity contribution in [2.75, 3.05) is 0 Å². The standard InChI is InChI=1S/C14H15FOS/c1-10-7-8-17-13(10)14(2,16)9-11-3-5-12(15)6-4-11/h3-8,16H,9H2,1-2H3. The highest BCUT2D eigenvalue weighted by Gasteiger charge is 2.26. The van der Waals surface area contributed by atoms with E-state index in [1.807, 2.05) is 18.4 Å². The van der Waals surface area contributed by atoms with Crippen LogP contribution in [0.25, 0.3) is 0 Å². The minimum Gasteiger partial charge on any atom is -0.384 e.